The second-order valence-corrected chi connectivity index (χ2v) is 4.14. The third-order valence-electron chi connectivity index (χ3n) is 3.10. The van der Waals surface area contributed by atoms with E-state index in [0.29, 0.717) is 23.0 Å². The number of ether oxygens (including phenoxy) is 4. The van der Waals surface area contributed by atoms with E-state index < -0.39 is 0 Å². The van der Waals surface area contributed by atoms with Gasteiger partial charge in [-0.15, -0.1) is 0 Å². The molecule has 0 N–H and O–H groups in total. The highest BCUT2D eigenvalue weighted by molar-refractivity contribution is 5.70. The molecule has 0 fully saturated rings. The Balaban J connectivity index is 2.46. The third kappa shape index (κ3) is 2.64. The summed E-state index contributed by atoms with van der Waals surface area (Å²) in [5.41, 5.74) is 2.03. The van der Waals surface area contributed by atoms with Gasteiger partial charge >= 0.3 is 0 Å². The second-order valence-electron chi connectivity index (χ2n) is 4.14. The molecular formula is C16H18O4. The summed E-state index contributed by atoms with van der Waals surface area (Å²) in [6.07, 6.45) is 0. The Hall–Kier alpha value is -2.36. The fourth-order valence-electron chi connectivity index (χ4n) is 2.03. The minimum atomic E-state index is 0.694. The van der Waals surface area contributed by atoms with Crippen LogP contribution in [0, 0.1) is 0 Å². The van der Waals surface area contributed by atoms with Crippen LogP contribution in [0.25, 0.3) is 11.1 Å². The van der Waals surface area contributed by atoms with Gasteiger partial charge in [-0.2, -0.15) is 0 Å². The van der Waals surface area contributed by atoms with E-state index in [2.05, 4.69) is 0 Å². The fourth-order valence-corrected chi connectivity index (χ4v) is 2.03. The van der Waals surface area contributed by atoms with Gasteiger partial charge in [-0.05, 0) is 35.4 Å². The van der Waals surface area contributed by atoms with Crippen molar-refractivity contribution in [2.45, 2.75) is 0 Å². The summed E-state index contributed by atoms with van der Waals surface area (Å²) in [5, 5.41) is 0. The quantitative estimate of drug-likeness (QED) is 0.837. The normalized spacial score (nSPS) is 10.0. The first kappa shape index (κ1) is 14.1. The zero-order chi connectivity index (χ0) is 14.5. The van der Waals surface area contributed by atoms with Crippen molar-refractivity contribution in [2.75, 3.05) is 28.4 Å². The van der Waals surface area contributed by atoms with Crippen molar-refractivity contribution in [1.82, 2.24) is 0 Å². The maximum absolute atomic E-state index is 5.32. The molecule has 0 aliphatic heterocycles. The molecular weight excluding hydrogens is 256 g/mol. The molecule has 4 nitrogen and oxygen atoms in total. The molecule has 0 aliphatic rings. The van der Waals surface area contributed by atoms with Crippen molar-refractivity contribution >= 4 is 0 Å². The fraction of sp³-hybridized carbons (Fsp3) is 0.250. The summed E-state index contributed by atoms with van der Waals surface area (Å²) in [6.45, 7) is 0. The van der Waals surface area contributed by atoms with Crippen LogP contribution in [0.5, 0.6) is 23.0 Å². The minimum Gasteiger partial charge on any atom is -0.493 e. The summed E-state index contributed by atoms with van der Waals surface area (Å²) in [4.78, 5) is 0. The van der Waals surface area contributed by atoms with Gasteiger partial charge in [-0.25, -0.2) is 0 Å². The van der Waals surface area contributed by atoms with Crippen molar-refractivity contribution in [1.29, 1.82) is 0 Å². The van der Waals surface area contributed by atoms with Crippen molar-refractivity contribution < 1.29 is 18.9 Å². The standard InChI is InChI=1S/C16H18O4/c1-17-13-7-5-11(9-15(13)19-3)12-6-8-14(18-2)16(10-12)20-4/h5-10H,1-4H3. The Kier molecular flexibility index (Phi) is 4.35. The number of benzene rings is 2. The maximum Gasteiger partial charge on any atom is 0.161 e. The van der Waals surface area contributed by atoms with Crippen LogP contribution in [0.1, 0.15) is 0 Å². The van der Waals surface area contributed by atoms with E-state index in [0.717, 1.165) is 11.1 Å². The van der Waals surface area contributed by atoms with Gasteiger partial charge in [-0.3, -0.25) is 0 Å². The van der Waals surface area contributed by atoms with Crippen molar-refractivity contribution in [3.05, 3.63) is 36.4 Å². The van der Waals surface area contributed by atoms with E-state index in [9.17, 15) is 0 Å². The topological polar surface area (TPSA) is 36.9 Å². The minimum absolute atomic E-state index is 0.694. The third-order valence-corrected chi connectivity index (χ3v) is 3.10. The van der Waals surface area contributed by atoms with Crippen LogP contribution < -0.4 is 18.9 Å². The van der Waals surface area contributed by atoms with E-state index in [1.807, 2.05) is 36.4 Å². The molecule has 2 aromatic carbocycles. The molecule has 2 rings (SSSR count). The first-order chi connectivity index (χ1) is 9.73. The van der Waals surface area contributed by atoms with Crippen LogP contribution >= 0.6 is 0 Å². The van der Waals surface area contributed by atoms with Crippen molar-refractivity contribution in [3.8, 4) is 34.1 Å². The zero-order valence-electron chi connectivity index (χ0n) is 12.1. The van der Waals surface area contributed by atoms with Gasteiger partial charge in [0.2, 0.25) is 0 Å². The summed E-state index contributed by atoms with van der Waals surface area (Å²) in [7, 11) is 6.48. The molecule has 0 amide bonds. The average molecular weight is 274 g/mol. The largest absolute Gasteiger partial charge is 0.493 e. The number of hydrogen-bond donors (Lipinski definition) is 0. The van der Waals surface area contributed by atoms with Crippen LogP contribution in [-0.2, 0) is 0 Å². The highest BCUT2D eigenvalue weighted by Gasteiger charge is 2.09. The van der Waals surface area contributed by atoms with Crippen LogP contribution in [0.4, 0.5) is 0 Å². The number of hydrogen-bond acceptors (Lipinski definition) is 4. The molecule has 106 valence electrons. The highest BCUT2D eigenvalue weighted by Crippen LogP contribution is 2.36. The zero-order valence-corrected chi connectivity index (χ0v) is 12.1. The lowest BCUT2D eigenvalue weighted by atomic mass is 10.0. The monoisotopic (exact) mass is 274 g/mol. The summed E-state index contributed by atoms with van der Waals surface area (Å²) < 4.78 is 21.1. The summed E-state index contributed by atoms with van der Waals surface area (Å²) in [5.74, 6) is 2.80. The van der Waals surface area contributed by atoms with Crippen molar-refractivity contribution in [3.63, 3.8) is 0 Å². The number of methoxy groups -OCH3 is 4. The van der Waals surface area contributed by atoms with Crippen LogP contribution in [0.3, 0.4) is 0 Å². The molecule has 0 heterocycles. The average Bonchev–Trinajstić information content (AvgIpc) is 2.53. The predicted octanol–water partition coefficient (Wildman–Crippen LogP) is 3.39. The molecule has 2 aromatic rings. The van der Waals surface area contributed by atoms with E-state index in [1.165, 1.54) is 0 Å². The Morgan fingerprint density at radius 1 is 0.500 bits per heavy atom. The molecule has 0 aromatic heterocycles. The lowest BCUT2D eigenvalue weighted by molar-refractivity contribution is 0.354. The molecule has 0 radical (unpaired) electrons. The van der Waals surface area contributed by atoms with E-state index in [-0.39, 0.29) is 0 Å². The van der Waals surface area contributed by atoms with Gasteiger partial charge in [0.15, 0.2) is 23.0 Å². The predicted molar refractivity (Wildman–Crippen MR) is 78.1 cm³/mol. The van der Waals surface area contributed by atoms with Gasteiger partial charge in [0.1, 0.15) is 0 Å². The van der Waals surface area contributed by atoms with Gasteiger partial charge in [0, 0.05) is 0 Å². The molecule has 0 saturated carbocycles. The SMILES string of the molecule is COc1ccc(-c2ccc(OC)c(OC)c2)cc1OC. The Labute approximate surface area is 118 Å². The molecule has 0 bridgehead atoms. The van der Waals surface area contributed by atoms with Crippen LogP contribution in [0.15, 0.2) is 36.4 Å². The van der Waals surface area contributed by atoms with Gasteiger partial charge in [0.05, 0.1) is 28.4 Å². The Morgan fingerprint density at radius 3 is 1.15 bits per heavy atom. The smallest absolute Gasteiger partial charge is 0.161 e. The molecule has 4 heteroatoms. The maximum atomic E-state index is 5.32. The lowest BCUT2D eigenvalue weighted by Gasteiger charge is -2.12. The Morgan fingerprint density at radius 2 is 0.850 bits per heavy atom. The lowest BCUT2D eigenvalue weighted by Crippen LogP contribution is -1.92. The molecule has 0 aliphatic carbocycles. The van der Waals surface area contributed by atoms with Crippen molar-refractivity contribution in [2.24, 2.45) is 0 Å². The molecule has 20 heavy (non-hydrogen) atoms. The molecule has 0 atom stereocenters. The second kappa shape index (κ2) is 6.19. The first-order valence-corrected chi connectivity index (χ1v) is 6.18. The van der Waals surface area contributed by atoms with Gasteiger partial charge < -0.3 is 18.9 Å². The van der Waals surface area contributed by atoms with Gasteiger partial charge in [0.25, 0.3) is 0 Å². The molecule has 0 spiro atoms. The van der Waals surface area contributed by atoms with Gasteiger partial charge in [-0.1, -0.05) is 12.1 Å². The van der Waals surface area contributed by atoms with E-state index in [4.69, 9.17) is 18.9 Å². The Bertz CT molecular complexity index is 540. The van der Waals surface area contributed by atoms with E-state index >= 15 is 0 Å². The van der Waals surface area contributed by atoms with Crippen LogP contribution in [-0.4, -0.2) is 28.4 Å². The summed E-state index contributed by atoms with van der Waals surface area (Å²) in [6, 6.07) is 11.6. The molecule has 0 unspecified atom stereocenters. The highest BCUT2D eigenvalue weighted by atomic mass is 16.5. The summed E-state index contributed by atoms with van der Waals surface area (Å²) >= 11 is 0. The first-order valence-electron chi connectivity index (χ1n) is 6.18. The van der Waals surface area contributed by atoms with E-state index in [1.54, 1.807) is 28.4 Å². The number of rotatable bonds is 5. The van der Waals surface area contributed by atoms with Crippen LogP contribution in [0.2, 0.25) is 0 Å². The molecule has 0 saturated heterocycles.